The molecular weight excluding hydrogens is 300 g/mol. The number of benzene rings is 2. The summed E-state index contributed by atoms with van der Waals surface area (Å²) in [6.45, 7) is 0. The lowest BCUT2D eigenvalue weighted by atomic mass is 10.1. The van der Waals surface area contributed by atoms with Gasteiger partial charge in [0.2, 0.25) is 0 Å². The summed E-state index contributed by atoms with van der Waals surface area (Å²) in [7, 11) is 0. The van der Waals surface area contributed by atoms with Crippen LogP contribution in [0.3, 0.4) is 0 Å². The average molecular weight is 314 g/mol. The lowest BCUT2D eigenvalue weighted by Crippen LogP contribution is -1.99. The van der Waals surface area contributed by atoms with Crippen LogP contribution < -0.4 is 5.32 Å². The Kier molecular flexibility index (Phi) is 2.76. The molecule has 2 aromatic carbocycles. The van der Waals surface area contributed by atoms with Crippen LogP contribution in [0.1, 0.15) is 0 Å². The predicted octanol–water partition coefficient (Wildman–Crippen LogP) is 5.81. The number of hydrogen-bond acceptors (Lipinski definition) is 2. The molecule has 0 radical (unpaired) electrons. The van der Waals surface area contributed by atoms with Crippen LogP contribution in [0.15, 0.2) is 88.8 Å². The molecule has 0 atom stereocenters. The maximum absolute atomic E-state index is 3.56. The molecule has 2 aromatic heterocycles. The van der Waals surface area contributed by atoms with Crippen molar-refractivity contribution in [2.45, 2.75) is 9.79 Å². The van der Waals surface area contributed by atoms with Crippen molar-refractivity contribution in [3.63, 3.8) is 0 Å². The minimum atomic E-state index is 1.18. The number of rotatable bonds is 1. The van der Waals surface area contributed by atoms with Crippen LogP contribution in [0.2, 0.25) is 0 Å². The van der Waals surface area contributed by atoms with Crippen molar-refractivity contribution >= 4 is 28.7 Å². The molecule has 1 aliphatic rings. The van der Waals surface area contributed by atoms with Gasteiger partial charge in [0.05, 0.1) is 17.1 Å². The van der Waals surface area contributed by atoms with E-state index in [0.717, 1.165) is 0 Å². The van der Waals surface area contributed by atoms with Gasteiger partial charge in [0.1, 0.15) is 0 Å². The van der Waals surface area contributed by atoms with E-state index in [1.54, 1.807) is 0 Å². The third kappa shape index (κ3) is 2.05. The SMILES string of the molecule is c1ccc2c(c1)Nc1cc(-c3ccc4ccccn34)ccc1S2. The zero-order chi connectivity index (χ0) is 15.2. The maximum atomic E-state index is 3.56. The molecule has 1 aliphatic heterocycles. The van der Waals surface area contributed by atoms with E-state index < -0.39 is 0 Å². The van der Waals surface area contributed by atoms with Gasteiger partial charge in [-0.3, -0.25) is 0 Å². The number of anilines is 2. The Labute approximate surface area is 138 Å². The topological polar surface area (TPSA) is 16.4 Å². The Balaban J connectivity index is 1.62. The van der Waals surface area contributed by atoms with Crippen LogP contribution in [0.25, 0.3) is 16.8 Å². The van der Waals surface area contributed by atoms with Gasteiger partial charge in [-0.15, -0.1) is 0 Å². The number of nitrogens with zero attached hydrogens (tertiary/aromatic N) is 1. The maximum Gasteiger partial charge on any atom is 0.0533 e. The Morgan fingerprint density at radius 2 is 1.61 bits per heavy atom. The van der Waals surface area contributed by atoms with Crippen molar-refractivity contribution in [2.24, 2.45) is 0 Å². The highest BCUT2D eigenvalue weighted by molar-refractivity contribution is 7.99. The van der Waals surface area contributed by atoms with Crippen molar-refractivity contribution in [3.8, 4) is 11.3 Å². The zero-order valence-electron chi connectivity index (χ0n) is 12.4. The van der Waals surface area contributed by atoms with Gasteiger partial charge in [-0.2, -0.15) is 0 Å². The molecule has 5 rings (SSSR count). The molecule has 4 aromatic rings. The monoisotopic (exact) mass is 314 g/mol. The van der Waals surface area contributed by atoms with Crippen LogP contribution in [0, 0.1) is 0 Å². The molecule has 2 nitrogen and oxygen atoms in total. The Bertz CT molecular complexity index is 1030. The summed E-state index contributed by atoms with van der Waals surface area (Å²) in [4.78, 5) is 2.55. The Hall–Kier alpha value is -2.65. The third-order valence-corrected chi connectivity index (χ3v) is 5.37. The van der Waals surface area contributed by atoms with Crippen molar-refractivity contribution in [1.82, 2.24) is 4.40 Å². The standard InChI is InChI=1S/C20H14N2S/c1-2-7-19-16(6-1)21-17-13-14(8-11-20(17)23-19)18-10-9-15-5-3-4-12-22(15)18/h1-13,21H. The van der Waals surface area contributed by atoms with Crippen molar-refractivity contribution in [3.05, 3.63) is 79.0 Å². The van der Waals surface area contributed by atoms with Crippen molar-refractivity contribution in [1.29, 1.82) is 0 Å². The molecule has 1 N–H and O–H groups in total. The lowest BCUT2D eigenvalue weighted by molar-refractivity contribution is 1.20. The van der Waals surface area contributed by atoms with Crippen LogP contribution in [0.5, 0.6) is 0 Å². The smallest absolute Gasteiger partial charge is 0.0533 e. The van der Waals surface area contributed by atoms with E-state index in [0.29, 0.717) is 0 Å². The largest absolute Gasteiger partial charge is 0.354 e. The third-order valence-electron chi connectivity index (χ3n) is 4.21. The van der Waals surface area contributed by atoms with Gasteiger partial charge in [-0.05, 0) is 48.5 Å². The predicted molar refractivity (Wildman–Crippen MR) is 96.7 cm³/mol. The fraction of sp³-hybridized carbons (Fsp3) is 0. The van der Waals surface area contributed by atoms with Gasteiger partial charge < -0.3 is 9.72 Å². The summed E-state index contributed by atoms with van der Waals surface area (Å²) in [6.07, 6.45) is 2.11. The zero-order valence-corrected chi connectivity index (χ0v) is 13.2. The fourth-order valence-corrected chi connectivity index (χ4v) is 4.06. The molecular formula is C20H14N2S. The highest BCUT2D eigenvalue weighted by Gasteiger charge is 2.16. The molecule has 3 heteroatoms. The summed E-state index contributed by atoms with van der Waals surface area (Å²) in [5.41, 5.74) is 6.02. The van der Waals surface area contributed by atoms with Gasteiger partial charge in [0.25, 0.3) is 0 Å². The second-order valence-electron chi connectivity index (χ2n) is 5.65. The van der Waals surface area contributed by atoms with Crippen LogP contribution in [0.4, 0.5) is 11.4 Å². The number of fused-ring (bicyclic) bond motifs is 3. The molecule has 0 amide bonds. The number of nitrogens with one attached hydrogen (secondary N) is 1. The number of pyridine rings is 1. The van der Waals surface area contributed by atoms with E-state index in [1.165, 1.54) is 37.9 Å². The quantitative estimate of drug-likeness (QED) is 0.420. The first-order chi connectivity index (χ1) is 11.4. The van der Waals surface area contributed by atoms with E-state index in [1.807, 2.05) is 11.8 Å². The van der Waals surface area contributed by atoms with Crippen LogP contribution in [-0.2, 0) is 0 Å². The van der Waals surface area contributed by atoms with Gasteiger partial charge in [0.15, 0.2) is 0 Å². The molecule has 0 aliphatic carbocycles. The fourth-order valence-electron chi connectivity index (χ4n) is 3.09. The van der Waals surface area contributed by atoms with Gasteiger partial charge in [0, 0.05) is 27.1 Å². The van der Waals surface area contributed by atoms with E-state index in [2.05, 4.69) is 88.7 Å². The Morgan fingerprint density at radius 3 is 2.61 bits per heavy atom. The molecule has 0 saturated carbocycles. The van der Waals surface area contributed by atoms with E-state index in [4.69, 9.17) is 0 Å². The number of aromatic nitrogens is 1. The molecule has 0 bridgehead atoms. The molecule has 0 spiro atoms. The van der Waals surface area contributed by atoms with E-state index in [9.17, 15) is 0 Å². The highest BCUT2D eigenvalue weighted by atomic mass is 32.2. The lowest BCUT2D eigenvalue weighted by Gasteiger charge is -2.21. The average Bonchev–Trinajstić information content (AvgIpc) is 3.03. The Morgan fingerprint density at radius 1 is 0.739 bits per heavy atom. The van der Waals surface area contributed by atoms with Gasteiger partial charge in [-0.25, -0.2) is 0 Å². The molecule has 0 unspecified atom stereocenters. The normalized spacial score (nSPS) is 12.5. The van der Waals surface area contributed by atoms with Gasteiger partial charge in [-0.1, -0.05) is 36.0 Å². The summed E-state index contributed by atoms with van der Waals surface area (Å²) in [5, 5.41) is 3.56. The minimum Gasteiger partial charge on any atom is -0.354 e. The number of hydrogen-bond donors (Lipinski definition) is 1. The molecule has 3 heterocycles. The van der Waals surface area contributed by atoms with E-state index in [-0.39, 0.29) is 0 Å². The summed E-state index contributed by atoms with van der Waals surface area (Å²) < 4.78 is 2.23. The first-order valence-corrected chi connectivity index (χ1v) is 8.44. The minimum absolute atomic E-state index is 1.18. The summed E-state index contributed by atoms with van der Waals surface area (Å²) >= 11 is 1.82. The molecule has 0 saturated heterocycles. The highest BCUT2D eigenvalue weighted by Crippen LogP contribution is 2.45. The number of para-hydroxylation sites is 1. The molecule has 110 valence electrons. The second kappa shape index (κ2) is 4.93. The van der Waals surface area contributed by atoms with Crippen molar-refractivity contribution < 1.29 is 0 Å². The summed E-state index contributed by atoms with van der Waals surface area (Å²) in [5.74, 6) is 0. The summed E-state index contributed by atoms with van der Waals surface area (Å²) in [6, 6.07) is 25.7. The van der Waals surface area contributed by atoms with Crippen LogP contribution >= 0.6 is 11.8 Å². The van der Waals surface area contributed by atoms with Crippen LogP contribution in [-0.4, -0.2) is 4.40 Å². The first kappa shape index (κ1) is 12.9. The second-order valence-corrected chi connectivity index (χ2v) is 6.73. The molecule has 23 heavy (non-hydrogen) atoms. The van der Waals surface area contributed by atoms with Crippen molar-refractivity contribution in [2.75, 3.05) is 5.32 Å². The van der Waals surface area contributed by atoms with E-state index >= 15 is 0 Å². The molecule has 0 fully saturated rings. The van der Waals surface area contributed by atoms with Gasteiger partial charge >= 0.3 is 0 Å². The first-order valence-electron chi connectivity index (χ1n) is 7.63.